The van der Waals surface area contributed by atoms with Crippen molar-refractivity contribution in [2.75, 3.05) is 13.7 Å². The number of hydrogen-bond acceptors (Lipinski definition) is 3. The Kier molecular flexibility index (Phi) is 4.97. The summed E-state index contributed by atoms with van der Waals surface area (Å²) in [6.07, 6.45) is 3.39. The van der Waals surface area contributed by atoms with E-state index in [1.165, 1.54) is 6.07 Å². The average molecular weight is 403 g/mol. The summed E-state index contributed by atoms with van der Waals surface area (Å²) in [7, 11) is 1.81. The number of aromatic nitrogens is 2. The number of rotatable bonds is 5. The van der Waals surface area contributed by atoms with Gasteiger partial charge in [0.05, 0.1) is 11.8 Å². The molecule has 0 spiro atoms. The fraction of sp³-hybridized carbons (Fsp3) is 0.545. The van der Waals surface area contributed by atoms with Gasteiger partial charge in [0.15, 0.2) is 17.3 Å². The van der Waals surface area contributed by atoms with Crippen LogP contribution in [0.1, 0.15) is 55.4 Å². The van der Waals surface area contributed by atoms with Crippen LogP contribution in [0.4, 0.5) is 8.78 Å². The molecule has 0 bridgehead atoms. The number of amides is 1. The van der Waals surface area contributed by atoms with Crippen molar-refractivity contribution in [1.82, 2.24) is 14.7 Å². The van der Waals surface area contributed by atoms with E-state index in [2.05, 4.69) is 18.9 Å². The second-order valence-electron chi connectivity index (χ2n) is 8.57. The van der Waals surface area contributed by atoms with Crippen molar-refractivity contribution >= 4 is 5.91 Å². The maximum atomic E-state index is 13.8. The highest BCUT2D eigenvalue weighted by Gasteiger charge is 2.52. The van der Waals surface area contributed by atoms with Crippen LogP contribution in [0.2, 0.25) is 0 Å². The van der Waals surface area contributed by atoms with Gasteiger partial charge in [-0.2, -0.15) is 5.10 Å². The van der Waals surface area contributed by atoms with Gasteiger partial charge in [0.25, 0.3) is 5.91 Å². The van der Waals surface area contributed by atoms with Crippen molar-refractivity contribution in [2.24, 2.45) is 5.41 Å². The summed E-state index contributed by atoms with van der Waals surface area (Å²) >= 11 is 0. The van der Waals surface area contributed by atoms with Crippen LogP contribution in [0.3, 0.4) is 0 Å². The van der Waals surface area contributed by atoms with Crippen LogP contribution < -0.4 is 0 Å². The molecule has 1 aromatic heterocycles. The molecule has 4 rings (SSSR count). The van der Waals surface area contributed by atoms with Crippen molar-refractivity contribution in [3.63, 3.8) is 0 Å². The fourth-order valence-electron chi connectivity index (χ4n) is 4.75. The first-order valence-corrected chi connectivity index (χ1v) is 10.2. The third-order valence-corrected chi connectivity index (χ3v) is 6.56. The zero-order valence-electron chi connectivity index (χ0n) is 17.3. The minimum atomic E-state index is -0.923. The highest BCUT2D eigenvalue weighted by Crippen LogP contribution is 2.46. The van der Waals surface area contributed by atoms with Crippen molar-refractivity contribution in [2.45, 2.75) is 58.6 Å². The number of carbonyl (C=O) groups is 1. The molecule has 1 saturated carbocycles. The summed E-state index contributed by atoms with van der Waals surface area (Å²) in [5.41, 5.74) is 2.55. The smallest absolute Gasteiger partial charge is 0.274 e. The summed E-state index contributed by atoms with van der Waals surface area (Å²) in [6, 6.07) is 3.77. The lowest BCUT2D eigenvalue weighted by Gasteiger charge is -2.54. The van der Waals surface area contributed by atoms with Gasteiger partial charge in [-0.1, -0.05) is 13.8 Å². The van der Waals surface area contributed by atoms with Gasteiger partial charge in [-0.25, -0.2) is 13.5 Å². The quantitative estimate of drug-likeness (QED) is 0.760. The number of benzene rings is 1. The molecule has 1 heterocycles. The largest absolute Gasteiger partial charge is 0.378 e. The monoisotopic (exact) mass is 403 g/mol. The van der Waals surface area contributed by atoms with Gasteiger partial charge in [0, 0.05) is 42.4 Å². The summed E-state index contributed by atoms with van der Waals surface area (Å²) in [4.78, 5) is 15.1. The van der Waals surface area contributed by atoms with E-state index in [1.807, 2.05) is 14.0 Å². The van der Waals surface area contributed by atoms with Crippen LogP contribution in [0.25, 0.3) is 5.69 Å². The highest BCUT2D eigenvalue weighted by molar-refractivity contribution is 5.94. The van der Waals surface area contributed by atoms with E-state index in [0.717, 1.165) is 49.1 Å². The minimum Gasteiger partial charge on any atom is -0.378 e. The number of halogens is 2. The second-order valence-corrected chi connectivity index (χ2v) is 8.57. The molecule has 0 unspecified atom stereocenters. The molecule has 0 radical (unpaired) electrons. The van der Waals surface area contributed by atoms with Crippen LogP contribution in [0.5, 0.6) is 0 Å². The Labute approximate surface area is 169 Å². The Hall–Kier alpha value is -2.28. The summed E-state index contributed by atoms with van der Waals surface area (Å²) in [5, 5.41) is 4.54. The first kappa shape index (κ1) is 20.0. The van der Waals surface area contributed by atoms with E-state index >= 15 is 0 Å². The summed E-state index contributed by atoms with van der Waals surface area (Å²) in [6.45, 7) is 6.88. The van der Waals surface area contributed by atoms with E-state index in [4.69, 9.17) is 4.74 Å². The minimum absolute atomic E-state index is 0.0667. The van der Waals surface area contributed by atoms with Crippen molar-refractivity contribution in [3.05, 3.63) is 46.8 Å². The lowest BCUT2D eigenvalue weighted by atomic mass is 9.63. The van der Waals surface area contributed by atoms with Crippen molar-refractivity contribution < 1.29 is 18.3 Å². The topological polar surface area (TPSA) is 47.4 Å². The van der Waals surface area contributed by atoms with E-state index in [1.54, 1.807) is 9.58 Å². The molecule has 1 amide bonds. The number of fused-ring (bicyclic) bond motifs is 1. The normalized spacial score (nSPS) is 22.3. The van der Waals surface area contributed by atoms with Gasteiger partial charge in [-0.3, -0.25) is 4.79 Å². The number of ether oxygens (including phenoxy) is 1. The maximum absolute atomic E-state index is 13.8. The molecule has 0 N–H and O–H groups in total. The summed E-state index contributed by atoms with van der Waals surface area (Å²) in [5.74, 6) is -1.95. The van der Waals surface area contributed by atoms with Crippen LogP contribution in [0, 0.1) is 17.0 Å². The fourth-order valence-corrected chi connectivity index (χ4v) is 4.75. The molecule has 2 aromatic rings. The molecule has 1 aromatic carbocycles. The van der Waals surface area contributed by atoms with Gasteiger partial charge in [0.1, 0.15) is 0 Å². The standard InChI is InChI=1S/C22H27F2N3O2/c1-5-29-19-12-18(22(19,2)3)26(4)21(28)20-14-7-6-8-17(14)27(25-20)13-9-10-15(23)16(24)11-13/h9-11,18-19H,5-8,12H2,1-4H3/t18-,19-/m0/s1. The first-order chi connectivity index (χ1) is 13.8. The molecule has 7 heteroatoms. The van der Waals surface area contributed by atoms with Gasteiger partial charge in [-0.15, -0.1) is 0 Å². The molecule has 2 aliphatic rings. The zero-order valence-corrected chi connectivity index (χ0v) is 17.3. The predicted molar refractivity (Wildman–Crippen MR) is 105 cm³/mol. The Morgan fingerprint density at radius 1 is 1.31 bits per heavy atom. The number of carbonyl (C=O) groups excluding carboxylic acids is 1. The average Bonchev–Trinajstić information content (AvgIpc) is 3.29. The SMILES string of the molecule is CCO[C@H]1C[C@H](N(C)C(=O)c2nn(-c3ccc(F)c(F)c3)c3c2CCC3)C1(C)C. The van der Waals surface area contributed by atoms with Gasteiger partial charge < -0.3 is 9.64 Å². The predicted octanol–water partition coefficient (Wildman–Crippen LogP) is 3.91. The molecular weight excluding hydrogens is 376 g/mol. The zero-order chi connectivity index (χ0) is 20.9. The molecule has 0 aliphatic heterocycles. The molecule has 156 valence electrons. The number of hydrogen-bond donors (Lipinski definition) is 0. The first-order valence-electron chi connectivity index (χ1n) is 10.2. The molecule has 5 nitrogen and oxygen atoms in total. The lowest BCUT2D eigenvalue weighted by Crippen LogP contribution is -2.62. The molecule has 29 heavy (non-hydrogen) atoms. The summed E-state index contributed by atoms with van der Waals surface area (Å²) < 4.78 is 34.5. The van der Waals surface area contributed by atoms with E-state index in [0.29, 0.717) is 18.0 Å². The van der Waals surface area contributed by atoms with Crippen LogP contribution >= 0.6 is 0 Å². The van der Waals surface area contributed by atoms with Crippen molar-refractivity contribution in [1.29, 1.82) is 0 Å². The highest BCUT2D eigenvalue weighted by atomic mass is 19.2. The van der Waals surface area contributed by atoms with Crippen LogP contribution in [0.15, 0.2) is 18.2 Å². The van der Waals surface area contributed by atoms with Crippen LogP contribution in [-0.4, -0.2) is 46.4 Å². The Bertz CT molecular complexity index is 954. The number of nitrogens with zero attached hydrogens (tertiary/aromatic N) is 3. The molecule has 1 fully saturated rings. The molecular formula is C22H27F2N3O2. The van der Waals surface area contributed by atoms with Crippen molar-refractivity contribution in [3.8, 4) is 5.69 Å². The Balaban J connectivity index is 1.64. The van der Waals surface area contributed by atoms with Gasteiger partial charge in [0.2, 0.25) is 0 Å². The van der Waals surface area contributed by atoms with E-state index in [-0.39, 0.29) is 23.5 Å². The lowest BCUT2D eigenvalue weighted by molar-refractivity contribution is -0.136. The third kappa shape index (κ3) is 3.16. The third-order valence-electron chi connectivity index (χ3n) is 6.56. The van der Waals surface area contributed by atoms with Gasteiger partial charge in [-0.05, 0) is 44.7 Å². The van der Waals surface area contributed by atoms with E-state index < -0.39 is 11.6 Å². The van der Waals surface area contributed by atoms with E-state index in [9.17, 15) is 13.6 Å². The van der Waals surface area contributed by atoms with Crippen LogP contribution in [-0.2, 0) is 17.6 Å². The Morgan fingerprint density at radius 2 is 2.07 bits per heavy atom. The van der Waals surface area contributed by atoms with Gasteiger partial charge >= 0.3 is 0 Å². The molecule has 2 atom stereocenters. The Morgan fingerprint density at radius 3 is 2.72 bits per heavy atom. The second kappa shape index (κ2) is 7.20. The molecule has 2 aliphatic carbocycles. The maximum Gasteiger partial charge on any atom is 0.274 e. The molecule has 0 saturated heterocycles.